The molecule has 0 atom stereocenters. The van der Waals surface area contributed by atoms with Crippen LogP contribution in [0.15, 0.2) is 0 Å². The van der Waals surface area contributed by atoms with Crippen molar-refractivity contribution in [3.8, 4) is 0 Å². The van der Waals surface area contributed by atoms with Crippen LogP contribution in [0.2, 0.25) is 0 Å². The largest absolute Gasteiger partial charge is 0.444 e. The van der Waals surface area contributed by atoms with Crippen molar-refractivity contribution in [3.05, 3.63) is 0 Å². The number of carbonyl (C=O) groups is 2. The predicted molar refractivity (Wildman–Crippen MR) is 47.6 cm³/mol. The Hall–Kier alpha value is -1.30. The summed E-state index contributed by atoms with van der Waals surface area (Å²) in [5.41, 5.74) is -0.617. The molecule has 0 saturated carbocycles. The first kappa shape index (κ1) is 12.7. The summed E-state index contributed by atoms with van der Waals surface area (Å²) in [6, 6.07) is 0. The summed E-state index contributed by atoms with van der Waals surface area (Å²) in [4.78, 5) is 26.2. The number of ether oxygens (including phenoxy) is 1. The van der Waals surface area contributed by atoms with Gasteiger partial charge in [0.25, 0.3) is 0 Å². The van der Waals surface area contributed by atoms with E-state index in [0.29, 0.717) is 0 Å². The zero-order valence-electron chi connectivity index (χ0n) is 8.73. The van der Waals surface area contributed by atoms with Crippen molar-refractivity contribution in [2.45, 2.75) is 26.4 Å². The second-order valence-corrected chi connectivity index (χ2v) is 3.80. The highest BCUT2D eigenvalue weighted by atomic mass is 17.1. The number of carbonyl (C=O) groups excluding carboxylic acids is 2. The Bertz CT molecular complexity index is 220. The van der Waals surface area contributed by atoms with Crippen molar-refractivity contribution in [1.82, 2.24) is 4.90 Å². The van der Waals surface area contributed by atoms with E-state index < -0.39 is 17.7 Å². The minimum Gasteiger partial charge on any atom is -0.444 e. The first-order chi connectivity index (χ1) is 6.26. The number of rotatable bonds is 2. The SMILES string of the molecule is CN(CC(=O)OO)C(=O)OC(C)(C)C. The standard InChI is InChI=1S/C8H15NO5/c1-8(2,3)13-7(11)9(4)5-6(10)14-12/h12H,5H2,1-4H3. The molecule has 0 aromatic rings. The Morgan fingerprint density at radius 2 is 1.86 bits per heavy atom. The van der Waals surface area contributed by atoms with E-state index in [-0.39, 0.29) is 6.54 Å². The lowest BCUT2D eigenvalue weighted by molar-refractivity contribution is -0.234. The summed E-state index contributed by atoms with van der Waals surface area (Å²) in [5, 5.41) is 7.97. The molecule has 0 spiro atoms. The molecule has 14 heavy (non-hydrogen) atoms. The number of nitrogens with zero attached hydrogens (tertiary/aromatic N) is 1. The van der Waals surface area contributed by atoms with Gasteiger partial charge in [0.1, 0.15) is 12.1 Å². The average Bonchev–Trinajstić information content (AvgIpc) is 2.00. The maximum atomic E-state index is 11.2. The molecule has 0 aliphatic rings. The van der Waals surface area contributed by atoms with Crippen LogP contribution in [-0.2, 0) is 14.4 Å². The summed E-state index contributed by atoms with van der Waals surface area (Å²) < 4.78 is 4.94. The molecule has 0 rings (SSSR count). The molecular formula is C8H15NO5. The number of amides is 1. The molecule has 6 nitrogen and oxygen atoms in total. The van der Waals surface area contributed by atoms with Gasteiger partial charge in [-0.2, -0.15) is 5.26 Å². The second-order valence-electron chi connectivity index (χ2n) is 3.80. The van der Waals surface area contributed by atoms with E-state index in [9.17, 15) is 9.59 Å². The van der Waals surface area contributed by atoms with Gasteiger partial charge in [-0.1, -0.05) is 0 Å². The Kier molecular flexibility index (Phi) is 4.36. The van der Waals surface area contributed by atoms with Crippen molar-refractivity contribution in [3.63, 3.8) is 0 Å². The van der Waals surface area contributed by atoms with Gasteiger partial charge in [0.2, 0.25) is 0 Å². The number of likely N-dealkylation sites (N-methyl/N-ethyl adjacent to an activating group) is 1. The Labute approximate surface area is 82.3 Å². The molecule has 82 valence electrons. The fourth-order valence-electron chi connectivity index (χ4n) is 0.627. The zero-order valence-corrected chi connectivity index (χ0v) is 8.73. The summed E-state index contributed by atoms with van der Waals surface area (Å²) >= 11 is 0. The highest BCUT2D eigenvalue weighted by molar-refractivity contribution is 5.77. The van der Waals surface area contributed by atoms with Crippen LogP contribution in [0.25, 0.3) is 0 Å². The maximum Gasteiger partial charge on any atom is 0.410 e. The molecule has 6 heteroatoms. The van der Waals surface area contributed by atoms with Crippen molar-refractivity contribution in [2.75, 3.05) is 13.6 Å². The fourth-order valence-corrected chi connectivity index (χ4v) is 0.627. The van der Waals surface area contributed by atoms with Gasteiger partial charge >= 0.3 is 12.1 Å². The molecule has 0 aromatic heterocycles. The first-order valence-electron chi connectivity index (χ1n) is 4.04. The monoisotopic (exact) mass is 205 g/mol. The van der Waals surface area contributed by atoms with Gasteiger partial charge in [-0.15, -0.1) is 0 Å². The van der Waals surface area contributed by atoms with Gasteiger partial charge < -0.3 is 9.64 Å². The van der Waals surface area contributed by atoms with E-state index in [0.717, 1.165) is 4.90 Å². The number of hydrogen-bond donors (Lipinski definition) is 1. The average molecular weight is 205 g/mol. The van der Waals surface area contributed by atoms with Crippen molar-refractivity contribution in [2.24, 2.45) is 0 Å². The molecule has 1 amide bonds. The molecule has 0 aromatic carbocycles. The van der Waals surface area contributed by atoms with Crippen molar-refractivity contribution >= 4 is 12.1 Å². The molecule has 1 N–H and O–H groups in total. The predicted octanol–water partition coefficient (Wildman–Crippen LogP) is 0.869. The normalized spacial score (nSPS) is 10.6. The maximum absolute atomic E-state index is 11.2. The van der Waals surface area contributed by atoms with Gasteiger partial charge in [-0.05, 0) is 20.8 Å². The molecular weight excluding hydrogens is 190 g/mol. The smallest absolute Gasteiger partial charge is 0.410 e. The van der Waals surface area contributed by atoms with E-state index >= 15 is 0 Å². The third-order valence-electron chi connectivity index (χ3n) is 1.17. The summed E-state index contributed by atoms with van der Waals surface area (Å²) in [6.07, 6.45) is -0.650. The van der Waals surface area contributed by atoms with Gasteiger partial charge in [-0.25, -0.2) is 9.59 Å². The van der Waals surface area contributed by atoms with Crippen LogP contribution in [0.3, 0.4) is 0 Å². The zero-order chi connectivity index (χ0) is 11.4. The fraction of sp³-hybridized carbons (Fsp3) is 0.750. The Morgan fingerprint density at radius 3 is 2.21 bits per heavy atom. The van der Waals surface area contributed by atoms with E-state index in [1.54, 1.807) is 20.8 Å². The van der Waals surface area contributed by atoms with Crippen LogP contribution >= 0.6 is 0 Å². The van der Waals surface area contributed by atoms with Crippen molar-refractivity contribution < 1.29 is 24.5 Å². The summed E-state index contributed by atoms with van der Waals surface area (Å²) in [6.45, 7) is 4.78. The quantitative estimate of drug-likeness (QED) is 0.534. The Morgan fingerprint density at radius 1 is 1.36 bits per heavy atom. The topological polar surface area (TPSA) is 76.1 Å². The minimum absolute atomic E-state index is 0.356. The van der Waals surface area contributed by atoms with E-state index in [4.69, 9.17) is 9.99 Å². The minimum atomic E-state index is -0.918. The van der Waals surface area contributed by atoms with Gasteiger partial charge in [0.15, 0.2) is 0 Å². The molecule has 0 aliphatic heterocycles. The van der Waals surface area contributed by atoms with Crippen LogP contribution in [-0.4, -0.2) is 41.4 Å². The van der Waals surface area contributed by atoms with Crippen LogP contribution in [0.5, 0.6) is 0 Å². The molecule has 0 bridgehead atoms. The van der Waals surface area contributed by atoms with Crippen LogP contribution in [0.1, 0.15) is 20.8 Å². The third kappa shape index (κ3) is 5.36. The lowest BCUT2D eigenvalue weighted by Gasteiger charge is -2.23. The summed E-state index contributed by atoms with van der Waals surface area (Å²) in [5.74, 6) is -0.918. The van der Waals surface area contributed by atoms with Crippen LogP contribution in [0, 0.1) is 0 Å². The summed E-state index contributed by atoms with van der Waals surface area (Å²) in [7, 11) is 1.37. The third-order valence-corrected chi connectivity index (χ3v) is 1.17. The van der Waals surface area contributed by atoms with Crippen LogP contribution in [0.4, 0.5) is 4.79 Å². The van der Waals surface area contributed by atoms with E-state index in [1.165, 1.54) is 7.05 Å². The second kappa shape index (κ2) is 4.80. The van der Waals surface area contributed by atoms with E-state index in [1.807, 2.05) is 0 Å². The lowest BCUT2D eigenvalue weighted by Crippen LogP contribution is -2.37. The first-order valence-corrected chi connectivity index (χ1v) is 4.04. The highest BCUT2D eigenvalue weighted by Gasteiger charge is 2.21. The lowest BCUT2D eigenvalue weighted by atomic mass is 10.2. The van der Waals surface area contributed by atoms with E-state index in [2.05, 4.69) is 4.89 Å². The molecule has 0 unspecified atom stereocenters. The highest BCUT2D eigenvalue weighted by Crippen LogP contribution is 2.08. The molecule has 0 radical (unpaired) electrons. The molecule has 0 saturated heterocycles. The number of hydrogen-bond acceptors (Lipinski definition) is 5. The molecule has 0 aliphatic carbocycles. The van der Waals surface area contributed by atoms with Gasteiger partial charge in [0.05, 0.1) is 0 Å². The molecule has 0 heterocycles. The van der Waals surface area contributed by atoms with Crippen LogP contribution < -0.4 is 0 Å². The van der Waals surface area contributed by atoms with Crippen molar-refractivity contribution in [1.29, 1.82) is 0 Å². The molecule has 0 fully saturated rings. The van der Waals surface area contributed by atoms with Gasteiger partial charge in [0, 0.05) is 7.05 Å². The Balaban J connectivity index is 4.07. The van der Waals surface area contributed by atoms with Gasteiger partial charge in [-0.3, -0.25) is 4.89 Å².